The van der Waals surface area contributed by atoms with Crippen molar-refractivity contribution in [2.75, 3.05) is 26.0 Å². The average molecular weight is 489 g/mol. The topological polar surface area (TPSA) is 105 Å². The van der Waals surface area contributed by atoms with Crippen molar-refractivity contribution in [3.8, 4) is 11.5 Å². The fourth-order valence-corrected chi connectivity index (χ4v) is 3.78. The molecule has 0 bridgehead atoms. The van der Waals surface area contributed by atoms with E-state index >= 15 is 0 Å². The summed E-state index contributed by atoms with van der Waals surface area (Å²) in [7, 11) is 3.06. The zero-order valence-corrected chi connectivity index (χ0v) is 19.6. The Morgan fingerprint density at radius 3 is 2.40 bits per heavy atom. The van der Waals surface area contributed by atoms with Crippen LogP contribution in [0.4, 0.5) is 14.5 Å². The Kier molecular flexibility index (Phi) is 7.68. The van der Waals surface area contributed by atoms with Crippen LogP contribution in [0, 0.1) is 0 Å². The van der Waals surface area contributed by atoms with Gasteiger partial charge in [0.15, 0.2) is 11.5 Å². The summed E-state index contributed by atoms with van der Waals surface area (Å²) in [6.07, 6.45) is -0.269. The van der Waals surface area contributed by atoms with Crippen molar-refractivity contribution in [1.82, 2.24) is 9.80 Å². The minimum Gasteiger partial charge on any atom is -0.490 e. The van der Waals surface area contributed by atoms with E-state index in [2.05, 4.69) is 10.1 Å². The second kappa shape index (κ2) is 10.5. The number of nitrogens with one attached hydrogen (secondary N) is 1. The molecule has 2 aromatic rings. The molecular weight excluding hydrogens is 464 g/mol. The van der Waals surface area contributed by atoms with E-state index in [1.807, 2.05) is 0 Å². The van der Waals surface area contributed by atoms with Gasteiger partial charge in [0.25, 0.3) is 11.8 Å². The fraction of sp³-hybridized carbons (Fsp3) is 0.333. The van der Waals surface area contributed by atoms with Gasteiger partial charge in [-0.25, -0.2) is 0 Å². The number of carbonyl (C=O) groups excluding carboxylic acids is 4. The van der Waals surface area contributed by atoms with E-state index < -0.39 is 30.4 Å². The van der Waals surface area contributed by atoms with Gasteiger partial charge in [-0.3, -0.25) is 24.1 Å². The van der Waals surface area contributed by atoms with Crippen LogP contribution in [0.3, 0.4) is 0 Å². The molecular formula is C24H25F2N3O6. The van der Waals surface area contributed by atoms with Crippen LogP contribution in [-0.4, -0.2) is 60.7 Å². The van der Waals surface area contributed by atoms with Gasteiger partial charge in [-0.15, -0.1) is 0 Å². The van der Waals surface area contributed by atoms with E-state index in [0.717, 1.165) is 4.90 Å². The number of hydrogen-bond acceptors (Lipinski definition) is 6. The molecule has 0 aliphatic carbocycles. The molecule has 186 valence electrons. The minimum atomic E-state index is -3.09. The fourth-order valence-electron chi connectivity index (χ4n) is 3.78. The normalized spacial score (nSPS) is 13.5. The first-order valence-corrected chi connectivity index (χ1v) is 10.7. The highest BCUT2D eigenvalue weighted by molar-refractivity contribution is 6.24. The Labute approximate surface area is 200 Å². The molecule has 35 heavy (non-hydrogen) atoms. The van der Waals surface area contributed by atoms with Gasteiger partial charge in [-0.2, -0.15) is 8.78 Å². The predicted octanol–water partition coefficient (Wildman–Crippen LogP) is 3.46. The van der Waals surface area contributed by atoms with E-state index in [1.54, 1.807) is 6.92 Å². The van der Waals surface area contributed by atoms with Crippen molar-refractivity contribution >= 4 is 29.3 Å². The molecule has 3 rings (SSSR count). The van der Waals surface area contributed by atoms with E-state index in [1.165, 1.54) is 62.3 Å². The molecule has 1 N–H and O–H groups in total. The van der Waals surface area contributed by atoms with Gasteiger partial charge in [0.05, 0.1) is 35.9 Å². The van der Waals surface area contributed by atoms with Crippen LogP contribution in [-0.2, 0) is 9.59 Å². The van der Waals surface area contributed by atoms with Crippen molar-refractivity contribution in [2.45, 2.75) is 32.9 Å². The summed E-state index contributed by atoms with van der Waals surface area (Å²) in [5, 5.41) is 2.54. The Morgan fingerprint density at radius 2 is 1.80 bits per heavy atom. The molecule has 0 aromatic heterocycles. The molecule has 4 amide bonds. The number of ether oxygens (including phenoxy) is 2. The van der Waals surface area contributed by atoms with E-state index in [-0.39, 0.29) is 47.2 Å². The van der Waals surface area contributed by atoms with Crippen LogP contribution in [0.5, 0.6) is 11.5 Å². The molecule has 2 aromatic carbocycles. The van der Waals surface area contributed by atoms with Gasteiger partial charge in [0.2, 0.25) is 11.8 Å². The molecule has 0 unspecified atom stereocenters. The van der Waals surface area contributed by atoms with Crippen LogP contribution in [0.25, 0.3) is 0 Å². The van der Waals surface area contributed by atoms with Crippen LogP contribution in [0.2, 0.25) is 0 Å². The zero-order chi connectivity index (χ0) is 25.9. The summed E-state index contributed by atoms with van der Waals surface area (Å²) in [5.41, 5.74) is 0.564. The number of carbonyl (C=O) groups is 4. The molecule has 1 aliphatic heterocycles. The summed E-state index contributed by atoms with van der Waals surface area (Å²) in [6.45, 7) is -0.0265. The SMILES string of the molecule is CCOc1cc([C@@H](CC(=O)N(C)C)N2C(=O)c3cccc(NC(C)=O)c3C2=O)ccc1OC(F)F. The highest BCUT2D eigenvalue weighted by atomic mass is 19.3. The summed E-state index contributed by atoms with van der Waals surface area (Å²) in [4.78, 5) is 53.4. The number of anilines is 1. The monoisotopic (exact) mass is 489 g/mol. The zero-order valence-electron chi connectivity index (χ0n) is 19.6. The maximum Gasteiger partial charge on any atom is 0.387 e. The lowest BCUT2D eigenvalue weighted by molar-refractivity contribution is -0.129. The molecule has 9 nitrogen and oxygen atoms in total. The van der Waals surface area contributed by atoms with Gasteiger partial charge < -0.3 is 19.7 Å². The van der Waals surface area contributed by atoms with Crippen LogP contribution in [0.1, 0.15) is 52.6 Å². The molecule has 0 spiro atoms. The molecule has 11 heteroatoms. The summed E-state index contributed by atoms with van der Waals surface area (Å²) in [6, 6.07) is 7.40. The largest absolute Gasteiger partial charge is 0.490 e. The number of nitrogens with zero attached hydrogens (tertiary/aromatic N) is 2. The van der Waals surface area contributed by atoms with E-state index in [0.29, 0.717) is 5.56 Å². The number of alkyl halides is 2. The highest BCUT2D eigenvalue weighted by Gasteiger charge is 2.43. The lowest BCUT2D eigenvalue weighted by Crippen LogP contribution is -2.37. The first kappa shape index (κ1) is 25.6. The first-order valence-electron chi connectivity index (χ1n) is 10.7. The molecule has 0 saturated carbocycles. The van der Waals surface area contributed by atoms with E-state index in [4.69, 9.17) is 4.74 Å². The van der Waals surface area contributed by atoms with Gasteiger partial charge in [0.1, 0.15) is 0 Å². The van der Waals surface area contributed by atoms with Crippen LogP contribution in [0.15, 0.2) is 36.4 Å². The average Bonchev–Trinajstić information content (AvgIpc) is 3.03. The summed E-state index contributed by atoms with van der Waals surface area (Å²) < 4.78 is 35.6. The maximum absolute atomic E-state index is 13.5. The predicted molar refractivity (Wildman–Crippen MR) is 122 cm³/mol. The Morgan fingerprint density at radius 1 is 1.09 bits per heavy atom. The van der Waals surface area contributed by atoms with Crippen molar-refractivity contribution in [3.05, 3.63) is 53.1 Å². The molecule has 0 saturated heterocycles. The molecule has 1 atom stereocenters. The molecule has 0 fully saturated rings. The van der Waals surface area contributed by atoms with Crippen molar-refractivity contribution in [2.24, 2.45) is 0 Å². The van der Waals surface area contributed by atoms with E-state index in [9.17, 15) is 28.0 Å². The third-order valence-electron chi connectivity index (χ3n) is 5.30. The Balaban J connectivity index is 2.11. The second-order valence-electron chi connectivity index (χ2n) is 7.92. The van der Waals surface area contributed by atoms with Gasteiger partial charge in [0, 0.05) is 21.0 Å². The molecule has 1 aliphatic rings. The number of rotatable bonds is 9. The van der Waals surface area contributed by atoms with Crippen molar-refractivity contribution < 1.29 is 37.4 Å². The smallest absolute Gasteiger partial charge is 0.387 e. The van der Waals surface area contributed by atoms with Gasteiger partial charge in [-0.05, 0) is 36.8 Å². The van der Waals surface area contributed by atoms with Crippen molar-refractivity contribution in [1.29, 1.82) is 0 Å². The number of benzene rings is 2. The Bertz CT molecular complexity index is 1170. The number of halogens is 2. The van der Waals surface area contributed by atoms with Crippen LogP contribution >= 0.6 is 0 Å². The number of amides is 4. The van der Waals surface area contributed by atoms with Crippen LogP contribution < -0.4 is 14.8 Å². The second-order valence-corrected chi connectivity index (χ2v) is 7.92. The molecule has 0 radical (unpaired) electrons. The van der Waals surface area contributed by atoms with Gasteiger partial charge in [-0.1, -0.05) is 12.1 Å². The number of imide groups is 1. The van der Waals surface area contributed by atoms with Gasteiger partial charge >= 0.3 is 6.61 Å². The third-order valence-corrected chi connectivity index (χ3v) is 5.30. The first-order chi connectivity index (χ1) is 16.5. The maximum atomic E-state index is 13.5. The quantitative estimate of drug-likeness (QED) is 0.541. The highest BCUT2D eigenvalue weighted by Crippen LogP contribution is 2.39. The lowest BCUT2D eigenvalue weighted by Gasteiger charge is -2.28. The van der Waals surface area contributed by atoms with Crippen molar-refractivity contribution in [3.63, 3.8) is 0 Å². The minimum absolute atomic E-state index is 0.0117. The molecule has 1 heterocycles. The standard InChI is InChI=1S/C24H25F2N3O6/c1-5-34-19-11-14(9-10-18(19)35-24(25)26)17(12-20(31)28(3)4)29-22(32)15-7-6-8-16(27-13(2)30)21(15)23(29)33/h6-11,17,24H,5,12H2,1-4H3,(H,27,30)/t17-/m1/s1. The lowest BCUT2D eigenvalue weighted by atomic mass is 10.0. The summed E-state index contributed by atoms with van der Waals surface area (Å²) >= 11 is 0. The number of hydrogen-bond donors (Lipinski definition) is 1. The summed E-state index contributed by atoms with van der Waals surface area (Å²) in [5.74, 6) is -2.40. The Hall–Kier alpha value is -4.02. The number of fused-ring (bicyclic) bond motifs is 1. The third kappa shape index (κ3) is 5.39.